The monoisotopic (exact) mass is 277 g/mol. The maximum Gasteiger partial charge on any atom is 0.271 e. The predicted molar refractivity (Wildman–Crippen MR) is 74.1 cm³/mol. The fourth-order valence-corrected chi connectivity index (χ4v) is 1.58. The van der Waals surface area contributed by atoms with Crippen LogP contribution in [-0.2, 0) is 0 Å². The number of carbonyl (C=O) groups excluding carboxylic acids is 1. The van der Waals surface area contributed by atoms with Gasteiger partial charge in [0, 0.05) is 12.6 Å². The number of hydrogen-bond donors (Lipinski definition) is 3. The second-order valence-corrected chi connectivity index (χ2v) is 5.74. The number of nitrogens with one attached hydrogen (secondary N) is 2. The van der Waals surface area contributed by atoms with E-state index in [4.69, 9.17) is 4.42 Å². The maximum atomic E-state index is 11.9. The van der Waals surface area contributed by atoms with Gasteiger partial charge in [-0.2, -0.15) is 5.10 Å². The van der Waals surface area contributed by atoms with Crippen molar-refractivity contribution in [1.29, 1.82) is 0 Å². The van der Waals surface area contributed by atoms with Crippen molar-refractivity contribution in [3.63, 3.8) is 0 Å². The Bertz CT molecular complexity index is 567. The van der Waals surface area contributed by atoms with Crippen LogP contribution in [0.2, 0.25) is 0 Å². The zero-order valence-electron chi connectivity index (χ0n) is 11.8. The van der Waals surface area contributed by atoms with Gasteiger partial charge in [-0.3, -0.25) is 9.89 Å². The van der Waals surface area contributed by atoms with E-state index in [1.807, 2.05) is 20.8 Å². The van der Waals surface area contributed by atoms with Gasteiger partial charge in [0.15, 0.2) is 11.5 Å². The zero-order valence-corrected chi connectivity index (χ0v) is 11.8. The lowest BCUT2D eigenvalue weighted by Gasteiger charge is -2.25. The third-order valence-electron chi connectivity index (χ3n) is 3.05. The molecule has 108 valence electrons. The van der Waals surface area contributed by atoms with E-state index in [1.165, 1.54) is 0 Å². The quantitative estimate of drug-likeness (QED) is 0.794. The Kier molecular flexibility index (Phi) is 3.94. The summed E-state index contributed by atoms with van der Waals surface area (Å²) in [6.45, 7) is 5.92. The third-order valence-corrected chi connectivity index (χ3v) is 3.05. The fraction of sp³-hybridized carbons (Fsp3) is 0.429. The van der Waals surface area contributed by atoms with Gasteiger partial charge < -0.3 is 14.8 Å². The smallest absolute Gasteiger partial charge is 0.271 e. The molecule has 2 heterocycles. The Morgan fingerprint density at radius 3 is 2.90 bits per heavy atom. The number of H-pyrrole nitrogens is 1. The van der Waals surface area contributed by atoms with Crippen molar-refractivity contribution >= 4 is 5.91 Å². The van der Waals surface area contributed by atoms with Gasteiger partial charge in [-0.05, 0) is 17.5 Å². The lowest BCUT2D eigenvalue weighted by atomic mass is 9.89. The Labute approximate surface area is 117 Å². The van der Waals surface area contributed by atoms with Crippen molar-refractivity contribution in [3.05, 3.63) is 30.2 Å². The molecule has 0 aliphatic heterocycles. The van der Waals surface area contributed by atoms with Gasteiger partial charge >= 0.3 is 0 Å². The van der Waals surface area contributed by atoms with Crippen LogP contribution in [0.25, 0.3) is 11.5 Å². The normalized spacial score (nSPS) is 13.2. The number of aliphatic hydroxyl groups is 1. The first-order valence-corrected chi connectivity index (χ1v) is 6.43. The molecule has 20 heavy (non-hydrogen) atoms. The molecule has 0 spiro atoms. The predicted octanol–water partition coefficient (Wildman–Crippen LogP) is 1.81. The molecule has 2 aromatic rings. The van der Waals surface area contributed by atoms with E-state index in [2.05, 4.69) is 15.5 Å². The molecule has 3 N–H and O–H groups in total. The molecule has 0 fully saturated rings. The molecular weight excluding hydrogens is 258 g/mol. The van der Waals surface area contributed by atoms with E-state index in [-0.39, 0.29) is 23.6 Å². The highest BCUT2D eigenvalue weighted by Gasteiger charge is 2.23. The summed E-state index contributed by atoms with van der Waals surface area (Å²) in [6.07, 6.45) is 0.935. The average Bonchev–Trinajstić information content (AvgIpc) is 3.03. The molecule has 1 amide bonds. The highest BCUT2D eigenvalue weighted by atomic mass is 16.3. The number of rotatable bonds is 4. The summed E-state index contributed by atoms with van der Waals surface area (Å²) in [5.74, 6) is 0.286. The van der Waals surface area contributed by atoms with Crippen molar-refractivity contribution in [2.24, 2.45) is 5.41 Å². The first-order valence-electron chi connectivity index (χ1n) is 6.43. The van der Waals surface area contributed by atoms with E-state index >= 15 is 0 Å². The minimum Gasteiger partial charge on any atom is -0.463 e. The molecule has 2 rings (SSSR count). The highest BCUT2D eigenvalue weighted by molar-refractivity contribution is 5.93. The summed E-state index contributed by atoms with van der Waals surface area (Å²) in [4.78, 5) is 11.9. The molecular formula is C14H19N3O3. The second kappa shape index (κ2) is 5.50. The SMILES string of the molecule is CC(C)(C)C(O)CNC(=O)c1cc(-c2ccco2)[nH]n1. The molecule has 1 unspecified atom stereocenters. The zero-order chi connectivity index (χ0) is 14.8. The number of hydrogen-bond acceptors (Lipinski definition) is 4. The van der Waals surface area contributed by atoms with Gasteiger partial charge in [0.1, 0.15) is 5.69 Å². The van der Waals surface area contributed by atoms with Crippen LogP contribution < -0.4 is 5.32 Å². The molecule has 0 saturated carbocycles. The Balaban J connectivity index is 1.97. The maximum absolute atomic E-state index is 11.9. The minimum absolute atomic E-state index is 0.186. The van der Waals surface area contributed by atoms with Crippen LogP contribution in [0.4, 0.5) is 0 Å². The Morgan fingerprint density at radius 1 is 1.55 bits per heavy atom. The fourth-order valence-electron chi connectivity index (χ4n) is 1.58. The first-order chi connectivity index (χ1) is 9.38. The van der Waals surface area contributed by atoms with Gasteiger partial charge in [-0.15, -0.1) is 0 Å². The van der Waals surface area contributed by atoms with Crippen LogP contribution in [-0.4, -0.2) is 33.9 Å². The van der Waals surface area contributed by atoms with E-state index in [1.54, 1.807) is 24.5 Å². The Hall–Kier alpha value is -2.08. The molecule has 0 aromatic carbocycles. The number of aliphatic hydroxyl groups excluding tert-OH is 1. The minimum atomic E-state index is -0.616. The summed E-state index contributed by atoms with van der Waals surface area (Å²) in [5, 5.41) is 19.2. The molecule has 2 aromatic heterocycles. The number of furan rings is 1. The highest BCUT2D eigenvalue weighted by Crippen LogP contribution is 2.19. The number of aromatic amines is 1. The van der Waals surface area contributed by atoms with E-state index in [9.17, 15) is 9.90 Å². The molecule has 1 atom stereocenters. The topological polar surface area (TPSA) is 91.1 Å². The van der Waals surface area contributed by atoms with Gasteiger partial charge in [0.05, 0.1) is 12.4 Å². The van der Waals surface area contributed by atoms with Crippen LogP contribution in [0, 0.1) is 5.41 Å². The molecule has 0 radical (unpaired) electrons. The van der Waals surface area contributed by atoms with Gasteiger partial charge in [0.2, 0.25) is 0 Å². The molecule has 0 saturated heterocycles. The molecule has 0 aliphatic rings. The lowest BCUT2D eigenvalue weighted by molar-refractivity contribution is 0.0585. The van der Waals surface area contributed by atoms with Crippen LogP contribution in [0.15, 0.2) is 28.9 Å². The van der Waals surface area contributed by atoms with Crippen molar-refractivity contribution in [2.75, 3.05) is 6.54 Å². The summed E-state index contributed by atoms with van der Waals surface area (Å²) in [7, 11) is 0. The van der Waals surface area contributed by atoms with Gasteiger partial charge in [0.25, 0.3) is 5.91 Å². The first kappa shape index (κ1) is 14.3. The Morgan fingerprint density at radius 2 is 2.30 bits per heavy atom. The van der Waals surface area contributed by atoms with Gasteiger partial charge in [-0.1, -0.05) is 20.8 Å². The number of aromatic nitrogens is 2. The summed E-state index contributed by atoms with van der Waals surface area (Å²) >= 11 is 0. The molecule has 0 bridgehead atoms. The van der Waals surface area contributed by atoms with Crippen molar-refractivity contribution < 1.29 is 14.3 Å². The standard InChI is InChI=1S/C14H19N3O3/c1-14(2,3)12(18)8-15-13(19)10-7-9(16-17-10)11-5-4-6-20-11/h4-7,12,18H,8H2,1-3H3,(H,15,19)(H,16,17). The number of amides is 1. The molecule has 6 nitrogen and oxygen atoms in total. The molecule has 0 aliphatic carbocycles. The van der Waals surface area contributed by atoms with Crippen LogP contribution >= 0.6 is 0 Å². The molecule has 6 heteroatoms. The van der Waals surface area contributed by atoms with Crippen molar-refractivity contribution in [2.45, 2.75) is 26.9 Å². The van der Waals surface area contributed by atoms with Crippen molar-refractivity contribution in [1.82, 2.24) is 15.5 Å². The van der Waals surface area contributed by atoms with Crippen LogP contribution in [0.3, 0.4) is 0 Å². The summed E-state index contributed by atoms with van der Waals surface area (Å²) in [6, 6.07) is 5.14. The van der Waals surface area contributed by atoms with E-state index in [0.29, 0.717) is 11.5 Å². The average molecular weight is 277 g/mol. The summed E-state index contributed by atoms with van der Waals surface area (Å²) in [5.41, 5.74) is 0.618. The summed E-state index contributed by atoms with van der Waals surface area (Å²) < 4.78 is 5.21. The second-order valence-electron chi connectivity index (χ2n) is 5.74. The van der Waals surface area contributed by atoms with E-state index in [0.717, 1.165) is 0 Å². The van der Waals surface area contributed by atoms with Crippen LogP contribution in [0.5, 0.6) is 0 Å². The lowest BCUT2D eigenvalue weighted by Crippen LogP contribution is -2.39. The number of carbonyl (C=O) groups is 1. The van der Waals surface area contributed by atoms with Gasteiger partial charge in [-0.25, -0.2) is 0 Å². The van der Waals surface area contributed by atoms with E-state index < -0.39 is 6.10 Å². The van der Waals surface area contributed by atoms with Crippen molar-refractivity contribution in [3.8, 4) is 11.5 Å². The number of nitrogens with zero attached hydrogens (tertiary/aromatic N) is 1. The largest absolute Gasteiger partial charge is 0.463 e. The third kappa shape index (κ3) is 3.27. The van der Waals surface area contributed by atoms with Crippen LogP contribution in [0.1, 0.15) is 31.3 Å².